The third-order valence-corrected chi connectivity index (χ3v) is 7.52. The Balaban J connectivity index is 1.11. The first kappa shape index (κ1) is 23.3. The van der Waals surface area contributed by atoms with Crippen molar-refractivity contribution in [3.8, 4) is 11.1 Å². The number of nitrogens with one attached hydrogen (secondary N) is 2. The van der Waals surface area contributed by atoms with Gasteiger partial charge in [0.15, 0.2) is 0 Å². The van der Waals surface area contributed by atoms with Crippen LogP contribution >= 0.6 is 22.6 Å². The van der Waals surface area contributed by atoms with Crippen molar-refractivity contribution in [2.75, 3.05) is 18.5 Å². The molecule has 7 nitrogen and oxygen atoms in total. The van der Waals surface area contributed by atoms with Gasteiger partial charge in [0.1, 0.15) is 6.61 Å². The maximum Gasteiger partial charge on any atom is 0.407 e. The number of carboxylic acid groups (broad SMARTS) is 1. The zero-order valence-electron chi connectivity index (χ0n) is 18.7. The Kier molecular flexibility index (Phi) is 6.46. The molecule has 2 amide bonds. The van der Waals surface area contributed by atoms with Gasteiger partial charge in [-0.25, -0.2) is 9.59 Å². The minimum Gasteiger partial charge on any atom is -0.478 e. The number of amides is 2. The molecular formula is C27H23IN2O5. The van der Waals surface area contributed by atoms with E-state index in [1.165, 1.54) is 23.3 Å². The van der Waals surface area contributed by atoms with E-state index < -0.39 is 12.1 Å². The summed E-state index contributed by atoms with van der Waals surface area (Å²) in [5, 5.41) is 14.8. The minimum absolute atomic E-state index is 0.00311. The monoisotopic (exact) mass is 582 g/mol. The van der Waals surface area contributed by atoms with Gasteiger partial charge >= 0.3 is 12.1 Å². The maximum absolute atomic E-state index is 12.6. The molecule has 1 fully saturated rings. The molecular weight excluding hydrogens is 559 g/mol. The second-order valence-electron chi connectivity index (χ2n) is 8.80. The molecule has 3 N–H and O–H groups in total. The number of anilines is 1. The molecule has 2 aliphatic rings. The van der Waals surface area contributed by atoms with Gasteiger partial charge in [0.25, 0.3) is 0 Å². The number of aromatic carboxylic acids is 1. The summed E-state index contributed by atoms with van der Waals surface area (Å²) in [6.07, 6.45) is 0.159. The molecule has 5 rings (SSSR count). The van der Waals surface area contributed by atoms with E-state index in [2.05, 4.69) is 57.5 Å². The van der Waals surface area contributed by atoms with Crippen LogP contribution in [-0.2, 0) is 9.53 Å². The van der Waals surface area contributed by atoms with Crippen LogP contribution in [0.1, 0.15) is 33.8 Å². The summed E-state index contributed by atoms with van der Waals surface area (Å²) in [5.74, 6) is -1.43. The molecule has 3 aromatic rings. The Hall–Kier alpha value is -3.40. The highest BCUT2D eigenvalue weighted by Crippen LogP contribution is 2.44. The molecule has 1 saturated carbocycles. The third-order valence-electron chi connectivity index (χ3n) is 6.58. The zero-order chi connectivity index (χ0) is 24.5. The van der Waals surface area contributed by atoms with Crippen LogP contribution in [0.15, 0.2) is 66.7 Å². The molecule has 2 atom stereocenters. The van der Waals surface area contributed by atoms with Crippen LogP contribution < -0.4 is 10.6 Å². The van der Waals surface area contributed by atoms with Crippen LogP contribution in [0.25, 0.3) is 11.1 Å². The van der Waals surface area contributed by atoms with Crippen molar-refractivity contribution in [1.82, 2.24) is 5.32 Å². The summed E-state index contributed by atoms with van der Waals surface area (Å²) in [5.41, 5.74) is 5.25. The molecule has 2 aliphatic carbocycles. The number of benzene rings is 3. The fourth-order valence-corrected chi connectivity index (χ4v) is 5.11. The normalized spacial score (nSPS) is 17.7. The lowest BCUT2D eigenvalue weighted by atomic mass is 9.98. The number of carbonyl (C=O) groups excluding carboxylic acids is 2. The average molecular weight is 582 g/mol. The average Bonchev–Trinajstić information content (AvgIpc) is 3.58. The second-order valence-corrected chi connectivity index (χ2v) is 9.96. The topological polar surface area (TPSA) is 105 Å². The molecule has 0 spiro atoms. The summed E-state index contributed by atoms with van der Waals surface area (Å²) in [6, 6.07) is 20.9. The zero-order valence-corrected chi connectivity index (χ0v) is 20.8. The van der Waals surface area contributed by atoms with Crippen molar-refractivity contribution in [3.05, 3.63) is 87.0 Å². The predicted octanol–water partition coefficient (Wildman–Crippen LogP) is 5.10. The van der Waals surface area contributed by atoms with Gasteiger partial charge < -0.3 is 20.5 Å². The van der Waals surface area contributed by atoms with E-state index in [1.54, 1.807) is 6.07 Å². The van der Waals surface area contributed by atoms with Crippen molar-refractivity contribution >= 4 is 46.2 Å². The second kappa shape index (κ2) is 9.69. The molecule has 8 heteroatoms. The Labute approximate surface area is 216 Å². The van der Waals surface area contributed by atoms with Gasteiger partial charge in [0.05, 0.1) is 11.3 Å². The number of ether oxygens (including phenoxy) is 1. The Morgan fingerprint density at radius 2 is 1.63 bits per heavy atom. The smallest absolute Gasteiger partial charge is 0.407 e. The van der Waals surface area contributed by atoms with Gasteiger partial charge in [-0.2, -0.15) is 0 Å². The van der Waals surface area contributed by atoms with Gasteiger partial charge in [-0.15, -0.1) is 0 Å². The van der Waals surface area contributed by atoms with Gasteiger partial charge in [-0.3, -0.25) is 4.79 Å². The summed E-state index contributed by atoms with van der Waals surface area (Å²) in [4.78, 5) is 36.2. The molecule has 35 heavy (non-hydrogen) atoms. The molecule has 0 bridgehead atoms. The van der Waals surface area contributed by atoms with Crippen LogP contribution in [0, 0.1) is 15.4 Å². The number of rotatable bonds is 7. The highest BCUT2D eigenvalue weighted by Gasteiger charge is 2.43. The SMILES string of the molecule is O=C(NCC1CC1C(=O)Nc1cc(C(=O)O)ccc1I)OCC1c2ccccc2-c2ccccc21. The van der Waals surface area contributed by atoms with Crippen molar-refractivity contribution in [2.45, 2.75) is 12.3 Å². The number of hydrogen-bond donors (Lipinski definition) is 3. The van der Waals surface area contributed by atoms with E-state index in [9.17, 15) is 14.4 Å². The first-order chi connectivity index (χ1) is 16.9. The van der Waals surface area contributed by atoms with E-state index in [1.807, 2.05) is 24.3 Å². The van der Waals surface area contributed by atoms with Crippen molar-refractivity contribution < 1.29 is 24.2 Å². The van der Waals surface area contributed by atoms with E-state index in [0.717, 1.165) is 14.7 Å². The number of fused-ring (bicyclic) bond motifs is 3. The van der Waals surface area contributed by atoms with E-state index >= 15 is 0 Å². The predicted molar refractivity (Wildman–Crippen MR) is 139 cm³/mol. The lowest BCUT2D eigenvalue weighted by Crippen LogP contribution is -2.29. The number of halogens is 1. The molecule has 0 aromatic heterocycles. The van der Waals surface area contributed by atoms with Gasteiger partial charge in [-0.05, 0) is 75.4 Å². The standard InChI is InChI=1S/C27H23IN2O5/c28-23-10-9-15(26(32)33)12-24(23)30-25(31)21-11-16(21)13-29-27(34)35-14-22-19-7-3-1-5-17(19)18-6-2-4-8-20(18)22/h1-10,12,16,21-22H,11,13-14H2,(H,29,34)(H,30,31)(H,32,33). The highest BCUT2D eigenvalue weighted by atomic mass is 127. The van der Waals surface area contributed by atoms with Gasteiger partial charge in [0.2, 0.25) is 5.91 Å². The van der Waals surface area contributed by atoms with Crippen LogP contribution in [0.3, 0.4) is 0 Å². The number of hydrogen-bond acceptors (Lipinski definition) is 4. The first-order valence-corrected chi connectivity index (χ1v) is 12.4. The van der Waals surface area contributed by atoms with Crippen molar-refractivity contribution in [1.29, 1.82) is 0 Å². The van der Waals surface area contributed by atoms with Gasteiger partial charge in [0, 0.05) is 22.0 Å². The van der Waals surface area contributed by atoms with Crippen LogP contribution in [-0.4, -0.2) is 36.2 Å². The number of carboxylic acids is 1. The van der Waals surface area contributed by atoms with Crippen molar-refractivity contribution in [2.24, 2.45) is 11.8 Å². The number of carbonyl (C=O) groups is 3. The molecule has 2 unspecified atom stereocenters. The summed E-state index contributed by atoms with van der Waals surface area (Å²) in [7, 11) is 0. The lowest BCUT2D eigenvalue weighted by Gasteiger charge is -2.14. The summed E-state index contributed by atoms with van der Waals surface area (Å²) >= 11 is 2.05. The largest absolute Gasteiger partial charge is 0.478 e. The Bertz CT molecular complexity index is 1280. The van der Waals surface area contributed by atoms with Gasteiger partial charge in [-0.1, -0.05) is 48.5 Å². The molecule has 0 saturated heterocycles. The molecule has 178 valence electrons. The minimum atomic E-state index is -1.05. The van der Waals surface area contributed by atoms with Crippen LogP contribution in [0.4, 0.5) is 10.5 Å². The highest BCUT2D eigenvalue weighted by molar-refractivity contribution is 14.1. The van der Waals surface area contributed by atoms with E-state index in [-0.39, 0.29) is 35.8 Å². The van der Waals surface area contributed by atoms with Crippen LogP contribution in [0.5, 0.6) is 0 Å². The molecule has 3 aromatic carbocycles. The summed E-state index contributed by atoms with van der Waals surface area (Å²) in [6.45, 7) is 0.591. The lowest BCUT2D eigenvalue weighted by molar-refractivity contribution is -0.117. The Morgan fingerprint density at radius 3 is 2.29 bits per heavy atom. The first-order valence-electron chi connectivity index (χ1n) is 11.3. The molecule has 0 aliphatic heterocycles. The van der Waals surface area contributed by atoms with E-state index in [0.29, 0.717) is 18.7 Å². The van der Waals surface area contributed by atoms with E-state index in [4.69, 9.17) is 9.84 Å². The quantitative estimate of drug-likeness (QED) is 0.337. The molecule has 0 radical (unpaired) electrons. The van der Waals surface area contributed by atoms with Crippen LogP contribution in [0.2, 0.25) is 0 Å². The maximum atomic E-state index is 12.6. The molecule has 0 heterocycles. The fraction of sp³-hybridized carbons (Fsp3) is 0.222. The summed E-state index contributed by atoms with van der Waals surface area (Å²) < 4.78 is 6.31. The number of alkyl carbamates (subject to hydrolysis) is 1. The van der Waals surface area contributed by atoms with Crippen molar-refractivity contribution in [3.63, 3.8) is 0 Å². The third kappa shape index (κ3) is 4.88. The fourth-order valence-electron chi connectivity index (χ4n) is 4.64. The Morgan fingerprint density at radius 1 is 0.971 bits per heavy atom.